The Labute approximate surface area is 163 Å². The Balaban J connectivity index is 2.20. The first-order valence-corrected chi connectivity index (χ1v) is 9.10. The van der Waals surface area contributed by atoms with E-state index in [1.807, 2.05) is 5.32 Å². The molecule has 154 valence electrons. The first-order chi connectivity index (χ1) is 13.8. The van der Waals surface area contributed by atoms with E-state index in [2.05, 4.69) is 4.98 Å². The molecule has 0 aliphatic heterocycles. The molecule has 0 bridgehead atoms. The van der Waals surface area contributed by atoms with Crippen molar-refractivity contribution in [2.24, 2.45) is 0 Å². The number of halogens is 2. The van der Waals surface area contributed by atoms with E-state index in [0.717, 1.165) is 36.0 Å². The van der Waals surface area contributed by atoms with Crippen LogP contribution in [0.5, 0.6) is 5.88 Å². The summed E-state index contributed by atoms with van der Waals surface area (Å²) in [6.45, 7) is -0.781. The zero-order chi connectivity index (χ0) is 21.1. The lowest BCUT2D eigenvalue weighted by Gasteiger charge is -2.24. The number of hydrogen-bond donors (Lipinski definition) is 3. The van der Waals surface area contributed by atoms with E-state index in [-0.39, 0.29) is 17.4 Å². The van der Waals surface area contributed by atoms with Gasteiger partial charge >= 0.3 is 5.97 Å². The van der Waals surface area contributed by atoms with E-state index in [1.165, 1.54) is 0 Å². The molecule has 10 heteroatoms. The lowest BCUT2D eigenvalue weighted by atomic mass is 9.88. The van der Waals surface area contributed by atoms with Gasteiger partial charge in [-0.05, 0) is 25.0 Å². The van der Waals surface area contributed by atoms with Crippen molar-refractivity contribution >= 4 is 11.9 Å². The minimum atomic E-state index is -1.35. The fourth-order valence-electron chi connectivity index (χ4n) is 3.52. The van der Waals surface area contributed by atoms with E-state index < -0.39 is 47.1 Å². The van der Waals surface area contributed by atoms with Crippen molar-refractivity contribution in [1.82, 2.24) is 14.9 Å². The summed E-state index contributed by atoms with van der Waals surface area (Å²) in [6.07, 6.45) is 4.04. The molecule has 1 aromatic heterocycles. The van der Waals surface area contributed by atoms with E-state index in [1.54, 1.807) is 0 Å². The van der Waals surface area contributed by atoms with Gasteiger partial charge in [0.1, 0.15) is 24.0 Å². The summed E-state index contributed by atoms with van der Waals surface area (Å²) in [4.78, 5) is 40.0. The van der Waals surface area contributed by atoms with Crippen LogP contribution in [0.2, 0.25) is 0 Å². The van der Waals surface area contributed by atoms with Gasteiger partial charge in [0, 0.05) is 12.0 Å². The zero-order valence-corrected chi connectivity index (χ0v) is 15.3. The Bertz CT molecular complexity index is 995. The predicted molar refractivity (Wildman–Crippen MR) is 97.2 cm³/mol. The van der Waals surface area contributed by atoms with Crippen molar-refractivity contribution in [3.63, 3.8) is 0 Å². The number of aliphatic carboxylic acids is 1. The summed E-state index contributed by atoms with van der Waals surface area (Å²) < 4.78 is 28.5. The number of aromatic hydroxyl groups is 1. The van der Waals surface area contributed by atoms with Gasteiger partial charge in [-0.3, -0.25) is 19.0 Å². The molecule has 1 aliphatic rings. The molecule has 29 heavy (non-hydrogen) atoms. The highest BCUT2D eigenvalue weighted by Crippen LogP contribution is 2.33. The molecule has 0 unspecified atom stereocenters. The normalized spacial score (nSPS) is 14.6. The minimum absolute atomic E-state index is 0.104. The number of rotatable bonds is 5. The molecule has 3 rings (SSSR count). The maximum atomic E-state index is 13.8. The van der Waals surface area contributed by atoms with E-state index in [9.17, 15) is 28.3 Å². The number of carbonyl (C=O) groups excluding carboxylic acids is 1. The fourth-order valence-corrected chi connectivity index (χ4v) is 3.52. The fraction of sp³-hybridized carbons (Fsp3) is 0.368. The minimum Gasteiger partial charge on any atom is -0.493 e. The Kier molecular flexibility index (Phi) is 5.90. The second-order valence-electron chi connectivity index (χ2n) is 6.85. The molecule has 1 saturated carbocycles. The van der Waals surface area contributed by atoms with Crippen molar-refractivity contribution in [3.05, 3.63) is 51.6 Å². The molecule has 1 amide bonds. The first-order valence-electron chi connectivity index (χ1n) is 9.10. The molecule has 0 radical (unpaired) electrons. The standard InChI is InChI=1S/C19H19F2N3O5/c20-11-6-12(21)8-13(7-11)24-16(10-4-2-1-3-5-10)23-18(28)15(19(24)29)17(27)22-9-14(25)26/h6-8,10,28H,1-5,9H2,(H,22,27)(H,25,26). The van der Waals surface area contributed by atoms with Crippen LogP contribution >= 0.6 is 0 Å². The average Bonchev–Trinajstić information content (AvgIpc) is 2.65. The maximum Gasteiger partial charge on any atom is 0.322 e. The van der Waals surface area contributed by atoms with Crippen LogP contribution in [0.3, 0.4) is 0 Å². The third-order valence-electron chi connectivity index (χ3n) is 4.79. The second kappa shape index (κ2) is 8.38. The van der Waals surface area contributed by atoms with E-state index in [0.29, 0.717) is 18.9 Å². The quantitative estimate of drug-likeness (QED) is 0.698. The molecule has 3 N–H and O–H groups in total. The number of benzene rings is 1. The van der Waals surface area contributed by atoms with Crippen LogP contribution in [-0.4, -0.2) is 38.2 Å². The van der Waals surface area contributed by atoms with Crippen LogP contribution in [0.1, 0.15) is 54.2 Å². The summed E-state index contributed by atoms with van der Waals surface area (Å²) >= 11 is 0. The molecule has 1 aliphatic carbocycles. The number of nitrogens with zero attached hydrogens (tertiary/aromatic N) is 2. The van der Waals surface area contributed by atoms with Crippen LogP contribution in [-0.2, 0) is 4.79 Å². The molecular formula is C19H19F2N3O5. The Morgan fingerprint density at radius 3 is 2.34 bits per heavy atom. The molecule has 1 fully saturated rings. The van der Waals surface area contributed by atoms with E-state index in [4.69, 9.17) is 5.11 Å². The Morgan fingerprint density at radius 1 is 1.14 bits per heavy atom. The summed E-state index contributed by atoms with van der Waals surface area (Å²) in [5.74, 6) is -5.35. The van der Waals surface area contributed by atoms with Gasteiger partial charge in [-0.15, -0.1) is 0 Å². The van der Waals surface area contributed by atoms with Crippen molar-refractivity contribution in [1.29, 1.82) is 0 Å². The summed E-state index contributed by atoms with van der Waals surface area (Å²) in [5, 5.41) is 20.9. The smallest absolute Gasteiger partial charge is 0.322 e. The van der Waals surface area contributed by atoms with Gasteiger partial charge in [-0.25, -0.2) is 8.78 Å². The number of carbonyl (C=O) groups is 2. The molecule has 0 atom stereocenters. The van der Waals surface area contributed by atoms with Crippen LogP contribution in [0, 0.1) is 11.6 Å². The van der Waals surface area contributed by atoms with Gasteiger partial charge < -0.3 is 15.5 Å². The molecular weight excluding hydrogens is 388 g/mol. The highest BCUT2D eigenvalue weighted by Gasteiger charge is 2.28. The average molecular weight is 407 g/mol. The number of hydrogen-bond acceptors (Lipinski definition) is 5. The molecule has 1 aromatic carbocycles. The summed E-state index contributed by atoms with van der Waals surface area (Å²) in [7, 11) is 0. The largest absolute Gasteiger partial charge is 0.493 e. The number of amides is 1. The first kappa shape index (κ1) is 20.4. The summed E-state index contributed by atoms with van der Waals surface area (Å²) in [5.41, 5.74) is -2.01. The number of carboxylic acid groups (broad SMARTS) is 1. The molecule has 2 aromatic rings. The molecule has 0 saturated heterocycles. The van der Waals surface area contributed by atoms with Gasteiger partial charge in [-0.2, -0.15) is 4.98 Å². The van der Waals surface area contributed by atoms with Gasteiger partial charge in [0.25, 0.3) is 11.5 Å². The van der Waals surface area contributed by atoms with Crippen molar-refractivity contribution in [2.75, 3.05) is 6.54 Å². The van der Waals surface area contributed by atoms with E-state index >= 15 is 0 Å². The topological polar surface area (TPSA) is 122 Å². The molecule has 0 spiro atoms. The third-order valence-corrected chi connectivity index (χ3v) is 4.79. The van der Waals surface area contributed by atoms with Crippen LogP contribution in [0.15, 0.2) is 23.0 Å². The van der Waals surface area contributed by atoms with Crippen molar-refractivity contribution in [3.8, 4) is 11.6 Å². The van der Waals surface area contributed by atoms with Gasteiger partial charge in [0.05, 0.1) is 5.69 Å². The van der Waals surface area contributed by atoms with Gasteiger partial charge in [0.2, 0.25) is 5.88 Å². The Morgan fingerprint density at radius 2 is 1.76 bits per heavy atom. The van der Waals surface area contributed by atoms with Gasteiger partial charge in [-0.1, -0.05) is 19.3 Å². The van der Waals surface area contributed by atoms with Crippen LogP contribution in [0.4, 0.5) is 8.78 Å². The zero-order valence-electron chi connectivity index (χ0n) is 15.3. The third kappa shape index (κ3) is 4.41. The predicted octanol–water partition coefficient (Wildman–Crippen LogP) is 2.08. The lowest BCUT2D eigenvalue weighted by Crippen LogP contribution is -2.37. The van der Waals surface area contributed by atoms with Gasteiger partial charge in [0.15, 0.2) is 5.56 Å². The van der Waals surface area contributed by atoms with Crippen LogP contribution < -0.4 is 10.9 Å². The Hall–Kier alpha value is -3.30. The molecule has 8 nitrogen and oxygen atoms in total. The van der Waals surface area contributed by atoms with Crippen molar-refractivity contribution in [2.45, 2.75) is 38.0 Å². The SMILES string of the molecule is O=C(O)CNC(=O)c1c(O)nc(C2CCCCC2)n(-c2cc(F)cc(F)c2)c1=O. The second-order valence-corrected chi connectivity index (χ2v) is 6.85. The van der Waals surface area contributed by atoms with Crippen molar-refractivity contribution < 1.29 is 28.6 Å². The van der Waals surface area contributed by atoms with Crippen LogP contribution in [0.25, 0.3) is 5.69 Å². The molecule has 1 heterocycles. The monoisotopic (exact) mass is 407 g/mol. The highest BCUT2D eigenvalue weighted by atomic mass is 19.1. The number of aromatic nitrogens is 2. The maximum absolute atomic E-state index is 13.8. The summed E-state index contributed by atoms with van der Waals surface area (Å²) in [6, 6.07) is 2.49. The highest BCUT2D eigenvalue weighted by molar-refractivity contribution is 5.97. The number of carboxylic acids is 1. The lowest BCUT2D eigenvalue weighted by molar-refractivity contribution is -0.135. The number of nitrogens with one attached hydrogen (secondary N) is 1.